The van der Waals surface area contributed by atoms with Crippen molar-refractivity contribution < 1.29 is 23.7 Å². The van der Waals surface area contributed by atoms with Gasteiger partial charge in [0.2, 0.25) is 11.2 Å². The van der Waals surface area contributed by atoms with Crippen LogP contribution in [0.3, 0.4) is 0 Å². The highest BCUT2D eigenvalue weighted by molar-refractivity contribution is 5.95. The predicted octanol–water partition coefficient (Wildman–Crippen LogP) is 4.37. The van der Waals surface area contributed by atoms with Crippen LogP contribution >= 0.6 is 0 Å². The number of hydrogen-bond donors (Lipinski definition) is 1. The molecule has 144 valence electrons. The van der Waals surface area contributed by atoms with Crippen LogP contribution in [0.15, 0.2) is 45.6 Å². The lowest BCUT2D eigenvalue weighted by Gasteiger charge is -2.28. The number of ether oxygens (including phenoxy) is 3. The number of fused-ring (bicyclic) bond motifs is 3. The second kappa shape index (κ2) is 6.34. The Morgan fingerprint density at radius 2 is 1.79 bits per heavy atom. The molecule has 6 heteroatoms. The van der Waals surface area contributed by atoms with E-state index >= 15 is 0 Å². The van der Waals surface area contributed by atoms with Crippen molar-refractivity contribution in [3.63, 3.8) is 0 Å². The summed E-state index contributed by atoms with van der Waals surface area (Å²) < 4.78 is 23.0. The molecule has 0 atom stereocenters. The van der Waals surface area contributed by atoms with Gasteiger partial charge in [-0.1, -0.05) is 0 Å². The zero-order valence-electron chi connectivity index (χ0n) is 16.0. The van der Waals surface area contributed by atoms with Gasteiger partial charge in [0.15, 0.2) is 11.3 Å². The SMILES string of the molecule is COc1c(-c2ccc(O)cc2)oc2c3c(cc(OC)c2c1=O)OC(C)(C)C=C3. The zero-order valence-corrected chi connectivity index (χ0v) is 16.0. The first kappa shape index (κ1) is 18.0. The van der Waals surface area contributed by atoms with Gasteiger partial charge in [0.05, 0.1) is 19.8 Å². The Kier molecular flexibility index (Phi) is 4.07. The summed E-state index contributed by atoms with van der Waals surface area (Å²) >= 11 is 0. The fourth-order valence-electron chi connectivity index (χ4n) is 3.31. The average Bonchev–Trinajstić information content (AvgIpc) is 2.66. The maximum absolute atomic E-state index is 13.2. The van der Waals surface area contributed by atoms with E-state index in [-0.39, 0.29) is 28.1 Å². The standard InChI is InChI=1S/C22H20O6/c1-22(2)10-9-14-15(28-22)11-16(25-3)17-18(24)21(26-4)19(27-20(14)17)12-5-7-13(23)8-6-12/h5-11,23H,1-4H3. The molecule has 4 rings (SSSR count). The third-order valence-electron chi connectivity index (χ3n) is 4.67. The summed E-state index contributed by atoms with van der Waals surface area (Å²) in [5.41, 5.74) is 0.791. The van der Waals surface area contributed by atoms with E-state index in [9.17, 15) is 9.90 Å². The van der Waals surface area contributed by atoms with Gasteiger partial charge in [0.1, 0.15) is 28.2 Å². The molecule has 3 aromatic rings. The van der Waals surface area contributed by atoms with E-state index in [1.54, 1.807) is 18.2 Å². The molecule has 0 saturated heterocycles. The second-order valence-electron chi connectivity index (χ2n) is 7.07. The molecule has 0 unspecified atom stereocenters. The number of benzene rings is 2. The van der Waals surface area contributed by atoms with Crippen LogP contribution < -0.4 is 19.6 Å². The molecule has 0 aliphatic carbocycles. The third-order valence-corrected chi connectivity index (χ3v) is 4.67. The van der Waals surface area contributed by atoms with Crippen molar-refractivity contribution >= 4 is 17.0 Å². The van der Waals surface area contributed by atoms with E-state index in [4.69, 9.17) is 18.6 Å². The number of methoxy groups -OCH3 is 2. The summed E-state index contributed by atoms with van der Waals surface area (Å²) in [6.45, 7) is 3.88. The Hall–Kier alpha value is -3.41. The first-order valence-corrected chi connectivity index (χ1v) is 8.78. The van der Waals surface area contributed by atoms with Crippen molar-refractivity contribution in [2.45, 2.75) is 19.4 Å². The molecule has 1 aliphatic rings. The fourth-order valence-corrected chi connectivity index (χ4v) is 3.31. The van der Waals surface area contributed by atoms with Gasteiger partial charge in [0, 0.05) is 11.6 Å². The van der Waals surface area contributed by atoms with Gasteiger partial charge in [-0.2, -0.15) is 0 Å². The first-order valence-electron chi connectivity index (χ1n) is 8.78. The van der Waals surface area contributed by atoms with Crippen LogP contribution in [0, 0.1) is 0 Å². The summed E-state index contributed by atoms with van der Waals surface area (Å²) in [5.74, 6) is 1.38. The first-order chi connectivity index (χ1) is 13.3. The molecule has 1 aliphatic heterocycles. The highest BCUT2D eigenvalue weighted by atomic mass is 16.5. The summed E-state index contributed by atoms with van der Waals surface area (Å²) in [4.78, 5) is 13.2. The normalized spacial score (nSPS) is 14.4. The minimum atomic E-state index is -0.488. The number of phenols is 1. The van der Waals surface area contributed by atoms with Gasteiger partial charge < -0.3 is 23.7 Å². The minimum Gasteiger partial charge on any atom is -0.508 e. The molecule has 2 heterocycles. The molecule has 1 N–H and O–H groups in total. The molecule has 28 heavy (non-hydrogen) atoms. The Labute approximate surface area is 161 Å². The molecule has 6 nitrogen and oxygen atoms in total. The summed E-state index contributed by atoms with van der Waals surface area (Å²) in [7, 11) is 2.91. The fraction of sp³-hybridized carbons (Fsp3) is 0.227. The van der Waals surface area contributed by atoms with E-state index in [1.807, 2.05) is 26.0 Å². The molecule has 0 bridgehead atoms. The van der Waals surface area contributed by atoms with Crippen LogP contribution in [0.2, 0.25) is 0 Å². The molecule has 0 spiro atoms. The number of hydrogen-bond acceptors (Lipinski definition) is 6. The minimum absolute atomic E-state index is 0.0671. The van der Waals surface area contributed by atoms with Crippen molar-refractivity contribution in [1.82, 2.24) is 0 Å². The van der Waals surface area contributed by atoms with Crippen molar-refractivity contribution in [1.29, 1.82) is 0 Å². The van der Waals surface area contributed by atoms with E-state index < -0.39 is 5.60 Å². The van der Waals surface area contributed by atoms with Crippen molar-refractivity contribution in [2.24, 2.45) is 0 Å². The summed E-state index contributed by atoms with van der Waals surface area (Å²) in [6, 6.07) is 8.05. The van der Waals surface area contributed by atoms with Crippen LogP contribution in [0.4, 0.5) is 0 Å². The Morgan fingerprint density at radius 3 is 2.43 bits per heavy atom. The van der Waals surface area contributed by atoms with Crippen molar-refractivity contribution in [3.05, 3.63) is 52.2 Å². The maximum atomic E-state index is 13.2. The maximum Gasteiger partial charge on any atom is 0.239 e. The van der Waals surface area contributed by atoms with Crippen LogP contribution in [0.25, 0.3) is 28.4 Å². The van der Waals surface area contributed by atoms with E-state index in [1.165, 1.54) is 26.4 Å². The highest BCUT2D eigenvalue weighted by Gasteiger charge is 2.28. The van der Waals surface area contributed by atoms with Gasteiger partial charge >= 0.3 is 0 Å². The molecular weight excluding hydrogens is 360 g/mol. The van der Waals surface area contributed by atoms with E-state index in [2.05, 4.69) is 0 Å². The van der Waals surface area contributed by atoms with Crippen LogP contribution in [-0.4, -0.2) is 24.9 Å². The molecule has 0 amide bonds. The van der Waals surface area contributed by atoms with Gasteiger partial charge in [-0.05, 0) is 50.3 Å². The van der Waals surface area contributed by atoms with Gasteiger partial charge in [-0.3, -0.25) is 4.79 Å². The molecular formula is C22H20O6. The largest absolute Gasteiger partial charge is 0.508 e. The monoisotopic (exact) mass is 380 g/mol. The molecule has 0 fully saturated rings. The van der Waals surface area contributed by atoms with Crippen LogP contribution in [-0.2, 0) is 0 Å². The van der Waals surface area contributed by atoms with E-state index in [0.717, 1.165) is 0 Å². The van der Waals surface area contributed by atoms with Gasteiger partial charge in [0.25, 0.3) is 0 Å². The van der Waals surface area contributed by atoms with E-state index in [0.29, 0.717) is 28.2 Å². The van der Waals surface area contributed by atoms with Crippen molar-refractivity contribution in [2.75, 3.05) is 14.2 Å². The van der Waals surface area contributed by atoms with Crippen molar-refractivity contribution in [3.8, 4) is 34.3 Å². The second-order valence-corrected chi connectivity index (χ2v) is 7.07. The topological polar surface area (TPSA) is 78.1 Å². The Morgan fingerprint density at radius 1 is 1.07 bits per heavy atom. The predicted molar refractivity (Wildman–Crippen MR) is 106 cm³/mol. The van der Waals surface area contributed by atoms with Gasteiger partial charge in [-0.15, -0.1) is 0 Å². The van der Waals surface area contributed by atoms with Gasteiger partial charge in [-0.25, -0.2) is 0 Å². The molecule has 0 saturated carbocycles. The Bertz CT molecular complexity index is 1150. The lowest BCUT2D eigenvalue weighted by molar-refractivity contribution is 0.158. The highest BCUT2D eigenvalue weighted by Crippen LogP contribution is 2.42. The van der Waals surface area contributed by atoms with Crippen LogP contribution in [0.5, 0.6) is 23.0 Å². The zero-order chi connectivity index (χ0) is 20.1. The average molecular weight is 380 g/mol. The lowest BCUT2D eigenvalue weighted by atomic mass is 9.99. The molecule has 2 aromatic carbocycles. The smallest absolute Gasteiger partial charge is 0.239 e. The number of rotatable bonds is 3. The number of phenolic OH excluding ortho intramolecular Hbond substituents is 1. The quantitative estimate of drug-likeness (QED) is 0.727. The Balaban J connectivity index is 2.11. The summed E-state index contributed by atoms with van der Waals surface area (Å²) in [6.07, 6.45) is 3.79. The molecule has 1 aromatic heterocycles. The molecule has 0 radical (unpaired) electrons. The number of aromatic hydroxyl groups is 1. The third kappa shape index (κ3) is 2.78. The summed E-state index contributed by atoms with van der Waals surface area (Å²) in [5, 5.41) is 9.85. The van der Waals surface area contributed by atoms with Crippen LogP contribution in [0.1, 0.15) is 19.4 Å². The lowest BCUT2D eigenvalue weighted by Crippen LogP contribution is -2.27.